The molecule has 0 bridgehead atoms. The Balaban J connectivity index is 0.00000220. The van der Waals surface area contributed by atoms with Crippen molar-refractivity contribution in [3.05, 3.63) is 33.8 Å². The molecule has 21 heavy (non-hydrogen) atoms. The molecule has 4 nitrogen and oxygen atoms in total. The number of nitrogens with zero attached hydrogens (tertiary/aromatic N) is 1. The summed E-state index contributed by atoms with van der Waals surface area (Å²) >= 11 is 11.8. The lowest BCUT2D eigenvalue weighted by Gasteiger charge is -2.31. The van der Waals surface area contributed by atoms with E-state index in [4.69, 9.17) is 23.2 Å². The van der Waals surface area contributed by atoms with Crippen molar-refractivity contribution in [3.8, 4) is 0 Å². The van der Waals surface area contributed by atoms with Crippen LogP contribution in [0.3, 0.4) is 0 Å². The molecule has 0 unspecified atom stereocenters. The van der Waals surface area contributed by atoms with E-state index in [9.17, 15) is 8.42 Å². The normalized spacial score (nSPS) is 17.5. The van der Waals surface area contributed by atoms with E-state index in [-0.39, 0.29) is 18.2 Å². The number of rotatable bonds is 4. The second kappa shape index (κ2) is 7.99. The van der Waals surface area contributed by atoms with E-state index >= 15 is 0 Å². The summed E-state index contributed by atoms with van der Waals surface area (Å²) in [5, 5.41) is 4.09. The molecule has 0 atom stereocenters. The maximum atomic E-state index is 12.4. The van der Waals surface area contributed by atoms with Gasteiger partial charge >= 0.3 is 0 Å². The highest BCUT2D eigenvalue weighted by molar-refractivity contribution is 7.88. The molecule has 0 saturated carbocycles. The van der Waals surface area contributed by atoms with Crippen LogP contribution in [-0.2, 0) is 15.8 Å². The molecule has 1 aromatic carbocycles. The third kappa shape index (κ3) is 5.27. The molecule has 1 aromatic rings. The topological polar surface area (TPSA) is 49.4 Å². The van der Waals surface area contributed by atoms with Crippen LogP contribution in [0.4, 0.5) is 0 Å². The second-order valence-electron chi connectivity index (χ2n) is 5.00. The second-order valence-corrected chi connectivity index (χ2v) is 7.84. The lowest BCUT2D eigenvalue weighted by Crippen LogP contribution is -2.44. The molecule has 1 fully saturated rings. The minimum Gasteiger partial charge on any atom is -0.317 e. The molecule has 1 saturated heterocycles. The summed E-state index contributed by atoms with van der Waals surface area (Å²) in [6.45, 7) is 1.12. The van der Waals surface area contributed by atoms with Crippen LogP contribution in [0.15, 0.2) is 18.2 Å². The van der Waals surface area contributed by atoms with E-state index in [1.165, 1.54) is 0 Å². The number of sulfonamides is 1. The highest BCUT2D eigenvalue weighted by Gasteiger charge is 2.27. The van der Waals surface area contributed by atoms with Crippen LogP contribution >= 0.6 is 35.6 Å². The van der Waals surface area contributed by atoms with Crippen LogP contribution in [0.2, 0.25) is 10.0 Å². The summed E-state index contributed by atoms with van der Waals surface area (Å²) in [6, 6.07) is 5.29. The first kappa shape index (κ1) is 19.0. The fraction of sp³-hybridized carbons (Fsp3) is 0.538. The molecule has 1 N–H and O–H groups in total. The van der Waals surface area contributed by atoms with Gasteiger partial charge in [0.1, 0.15) is 0 Å². The first-order chi connectivity index (χ1) is 9.40. The fourth-order valence-electron chi connectivity index (χ4n) is 2.42. The maximum Gasteiger partial charge on any atom is 0.218 e. The van der Waals surface area contributed by atoms with Crippen LogP contribution in [0.5, 0.6) is 0 Å². The van der Waals surface area contributed by atoms with E-state index in [2.05, 4.69) is 5.32 Å². The highest BCUT2D eigenvalue weighted by Crippen LogP contribution is 2.23. The minimum atomic E-state index is -3.31. The van der Waals surface area contributed by atoms with E-state index in [0.29, 0.717) is 34.7 Å². The first-order valence-corrected chi connectivity index (χ1v) is 8.87. The lowest BCUT2D eigenvalue weighted by molar-refractivity contribution is 0.298. The molecular weight excluding hydrogens is 355 g/mol. The van der Waals surface area contributed by atoms with Gasteiger partial charge in [0.2, 0.25) is 10.0 Å². The Morgan fingerprint density at radius 1 is 1.19 bits per heavy atom. The van der Waals surface area contributed by atoms with E-state index in [0.717, 1.165) is 12.8 Å². The van der Waals surface area contributed by atoms with Gasteiger partial charge in [-0.05, 0) is 43.7 Å². The van der Waals surface area contributed by atoms with Crippen molar-refractivity contribution < 1.29 is 8.42 Å². The molecule has 0 aromatic heterocycles. The molecule has 120 valence electrons. The average Bonchev–Trinajstić information content (AvgIpc) is 2.37. The average molecular weight is 374 g/mol. The quantitative estimate of drug-likeness (QED) is 0.883. The molecule has 0 aliphatic carbocycles. The fourth-order valence-corrected chi connectivity index (χ4v) is 4.53. The Kier molecular flexibility index (Phi) is 7.24. The van der Waals surface area contributed by atoms with Gasteiger partial charge in [-0.25, -0.2) is 12.7 Å². The van der Waals surface area contributed by atoms with Crippen LogP contribution in [-0.4, -0.2) is 38.9 Å². The van der Waals surface area contributed by atoms with Crippen molar-refractivity contribution in [2.24, 2.45) is 0 Å². The van der Waals surface area contributed by atoms with E-state index in [1.54, 1.807) is 22.5 Å². The van der Waals surface area contributed by atoms with Crippen molar-refractivity contribution in [1.82, 2.24) is 9.62 Å². The Morgan fingerprint density at radius 3 is 2.19 bits per heavy atom. The number of hydrogen-bond acceptors (Lipinski definition) is 3. The molecule has 0 spiro atoms. The largest absolute Gasteiger partial charge is 0.317 e. The molecule has 1 aliphatic rings. The van der Waals surface area contributed by atoms with Gasteiger partial charge in [0.05, 0.1) is 5.75 Å². The monoisotopic (exact) mass is 372 g/mol. The summed E-state index contributed by atoms with van der Waals surface area (Å²) in [5.74, 6) is -0.0580. The van der Waals surface area contributed by atoms with E-state index in [1.807, 2.05) is 7.05 Å². The zero-order chi connectivity index (χ0) is 14.8. The van der Waals surface area contributed by atoms with Crippen molar-refractivity contribution in [2.75, 3.05) is 20.1 Å². The Morgan fingerprint density at radius 2 is 1.71 bits per heavy atom. The third-order valence-electron chi connectivity index (χ3n) is 3.53. The molecule has 2 rings (SSSR count). The predicted octanol–water partition coefficient (Wildman–Crippen LogP) is 2.93. The number of hydrogen-bond donors (Lipinski definition) is 1. The van der Waals surface area contributed by atoms with Gasteiger partial charge in [-0.1, -0.05) is 23.2 Å². The molecule has 0 radical (unpaired) electrons. The summed E-state index contributed by atoms with van der Waals surface area (Å²) in [7, 11) is -1.41. The predicted molar refractivity (Wildman–Crippen MR) is 90.0 cm³/mol. The Bertz CT molecular complexity index is 553. The van der Waals surface area contributed by atoms with Crippen LogP contribution in [0.25, 0.3) is 0 Å². The lowest BCUT2D eigenvalue weighted by atomic mass is 10.1. The number of halogens is 3. The zero-order valence-electron chi connectivity index (χ0n) is 11.7. The van der Waals surface area contributed by atoms with Crippen LogP contribution in [0.1, 0.15) is 18.4 Å². The Hall–Kier alpha value is -0.0400. The highest BCUT2D eigenvalue weighted by atomic mass is 35.5. The van der Waals surface area contributed by atoms with E-state index < -0.39 is 10.0 Å². The summed E-state index contributed by atoms with van der Waals surface area (Å²) in [4.78, 5) is 0. The van der Waals surface area contributed by atoms with Gasteiger partial charge in [0.15, 0.2) is 0 Å². The molecule has 8 heteroatoms. The summed E-state index contributed by atoms with van der Waals surface area (Å²) < 4.78 is 26.3. The maximum absolute atomic E-state index is 12.4. The van der Waals surface area contributed by atoms with Gasteiger partial charge in [0, 0.05) is 29.2 Å². The number of benzene rings is 1. The SMILES string of the molecule is CNC1CCN(S(=O)(=O)Cc2cc(Cl)cc(Cl)c2)CC1.Cl. The van der Waals surface area contributed by atoms with Crippen LogP contribution in [0, 0.1) is 0 Å². The van der Waals surface area contributed by atoms with Gasteiger partial charge < -0.3 is 5.32 Å². The van der Waals surface area contributed by atoms with Gasteiger partial charge in [-0.2, -0.15) is 0 Å². The minimum absolute atomic E-state index is 0. The van der Waals surface area contributed by atoms with Gasteiger partial charge in [-0.3, -0.25) is 0 Å². The summed E-state index contributed by atoms with van der Waals surface area (Å²) in [6.07, 6.45) is 1.68. The van der Waals surface area contributed by atoms with Crippen molar-refractivity contribution in [2.45, 2.75) is 24.6 Å². The first-order valence-electron chi connectivity index (χ1n) is 6.51. The zero-order valence-corrected chi connectivity index (χ0v) is 14.8. The van der Waals surface area contributed by atoms with Crippen LogP contribution < -0.4 is 5.32 Å². The number of nitrogens with one attached hydrogen (secondary N) is 1. The molecule has 0 amide bonds. The van der Waals surface area contributed by atoms with Crippen molar-refractivity contribution >= 4 is 45.6 Å². The number of piperidine rings is 1. The smallest absolute Gasteiger partial charge is 0.218 e. The molecule has 1 heterocycles. The molecule has 1 aliphatic heterocycles. The Labute approximate surface area is 142 Å². The summed E-state index contributed by atoms with van der Waals surface area (Å²) in [5.41, 5.74) is 0.623. The standard InChI is InChI=1S/C13H18Cl2N2O2S.ClH/c1-16-13-2-4-17(5-3-13)20(18,19)9-10-6-11(14)8-12(15)7-10;/h6-8,13,16H,2-5,9H2,1H3;1H. The third-order valence-corrected chi connectivity index (χ3v) is 5.81. The van der Waals surface area contributed by atoms with Gasteiger partial charge in [0.25, 0.3) is 0 Å². The van der Waals surface area contributed by atoms with Gasteiger partial charge in [-0.15, -0.1) is 12.4 Å². The molecular formula is C13H19Cl3N2O2S. The van der Waals surface area contributed by atoms with Crippen molar-refractivity contribution in [3.63, 3.8) is 0 Å². The van der Waals surface area contributed by atoms with Crippen molar-refractivity contribution in [1.29, 1.82) is 0 Å².